The van der Waals surface area contributed by atoms with Crippen LogP contribution in [0.2, 0.25) is 0 Å². The summed E-state index contributed by atoms with van der Waals surface area (Å²) in [6.45, 7) is 2.97. The molecule has 0 aromatic carbocycles. The summed E-state index contributed by atoms with van der Waals surface area (Å²) in [7, 11) is -0.720. The molecular weight excluding hydrogens is 220 g/mol. The van der Waals surface area contributed by atoms with Gasteiger partial charge in [0, 0.05) is 46.8 Å². The van der Waals surface area contributed by atoms with Crippen molar-refractivity contribution in [3.63, 3.8) is 0 Å². The van der Waals surface area contributed by atoms with Gasteiger partial charge in [-0.2, -0.15) is 0 Å². The number of hydrogen-bond acceptors (Lipinski definition) is 2. The zero-order valence-corrected chi connectivity index (χ0v) is 10.8. The topological polar surface area (TPSA) is 48.0 Å². The molecule has 0 fully saturated rings. The molecule has 2 atom stereocenters. The Bertz CT molecular complexity index is 411. The van der Waals surface area contributed by atoms with Gasteiger partial charge in [-0.15, -0.1) is 0 Å². The van der Waals surface area contributed by atoms with Crippen LogP contribution in [0.1, 0.15) is 35.8 Å². The van der Waals surface area contributed by atoms with E-state index in [0.717, 1.165) is 25.1 Å². The first-order valence-electron chi connectivity index (χ1n) is 5.84. The molecular formula is C12H20N2OS. The minimum atomic E-state index is -0.720. The summed E-state index contributed by atoms with van der Waals surface area (Å²) in [6, 6.07) is 2.41. The Morgan fingerprint density at radius 3 is 3.06 bits per heavy atom. The highest BCUT2D eigenvalue weighted by molar-refractivity contribution is 7.84. The van der Waals surface area contributed by atoms with Crippen LogP contribution in [0.5, 0.6) is 0 Å². The molecule has 0 aliphatic heterocycles. The van der Waals surface area contributed by atoms with Crippen molar-refractivity contribution in [2.45, 2.75) is 38.8 Å². The van der Waals surface area contributed by atoms with Crippen molar-refractivity contribution < 1.29 is 4.21 Å². The molecule has 4 heteroatoms. The lowest BCUT2D eigenvalue weighted by Gasteiger charge is -2.21. The monoisotopic (exact) mass is 240 g/mol. The van der Waals surface area contributed by atoms with Crippen molar-refractivity contribution in [1.29, 1.82) is 0 Å². The Morgan fingerprint density at radius 2 is 2.38 bits per heavy atom. The molecule has 0 saturated carbocycles. The summed E-state index contributed by atoms with van der Waals surface area (Å²) in [5.41, 5.74) is 10.1. The third-order valence-corrected chi connectivity index (χ3v) is 4.14. The first-order valence-corrected chi connectivity index (χ1v) is 7.57. The van der Waals surface area contributed by atoms with Crippen molar-refractivity contribution in [3.05, 3.63) is 23.0 Å². The van der Waals surface area contributed by atoms with Gasteiger partial charge < -0.3 is 10.3 Å². The van der Waals surface area contributed by atoms with E-state index in [4.69, 9.17) is 5.73 Å². The number of aromatic nitrogens is 1. The lowest BCUT2D eigenvalue weighted by atomic mass is 9.93. The maximum Gasteiger partial charge on any atom is 0.0412 e. The van der Waals surface area contributed by atoms with Crippen molar-refractivity contribution >= 4 is 10.8 Å². The fourth-order valence-corrected chi connectivity index (χ4v) is 2.97. The van der Waals surface area contributed by atoms with Gasteiger partial charge in [-0.1, -0.05) is 0 Å². The van der Waals surface area contributed by atoms with E-state index in [1.807, 2.05) is 0 Å². The Kier molecular flexibility index (Phi) is 3.50. The largest absolute Gasteiger partial charge is 0.348 e. The molecule has 1 aromatic heterocycles. The second-order valence-corrected chi connectivity index (χ2v) is 6.17. The molecule has 0 radical (unpaired) electrons. The van der Waals surface area contributed by atoms with Crippen molar-refractivity contribution in [1.82, 2.24) is 4.57 Å². The summed E-state index contributed by atoms with van der Waals surface area (Å²) >= 11 is 0. The van der Waals surface area contributed by atoms with E-state index in [1.54, 1.807) is 6.26 Å². The Morgan fingerprint density at radius 1 is 1.62 bits per heavy atom. The quantitative estimate of drug-likeness (QED) is 0.870. The number of rotatable bonds is 3. The van der Waals surface area contributed by atoms with Gasteiger partial charge in [0.05, 0.1) is 0 Å². The molecule has 16 heavy (non-hydrogen) atoms. The number of hydrogen-bond donors (Lipinski definition) is 1. The lowest BCUT2D eigenvalue weighted by Crippen LogP contribution is -2.19. The summed E-state index contributed by atoms with van der Waals surface area (Å²) in [6.07, 6.45) is 5.15. The van der Waals surface area contributed by atoms with E-state index in [9.17, 15) is 4.21 Å². The van der Waals surface area contributed by atoms with E-state index in [1.165, 1.54) is 23.4 Å². The maximum absolute atomic E-state index is 11.2. The van der Waals surface area contributed by atoms with E-state index < -0.39 is 10.8 Å². The Hall–Kier alpha value is -0.610. The first kappa shape index (κ1) is 11.9. The fourth-order valence-electron chi connectivity index (χ4n) is 2.53. The van der Waals surface area contributed by atoms with Gasteiger partial charge in [0.2, 0.25) is 0 Å². The molecule has 3 nitrogen and oxygen atoms in total. The predicted molar refractivity (Wildman–Crippen MR) is 68.0 cm³/mol. The van der Waals surface area contributed by atoms with Crippen LogP contribution in [0.25, 0.3) is 0 Å². The van der Waals surface area contributed by atoms with Gasteiger partial charge in [0.15, 0.2) is 0 Å². The minimum absolute atomic E-state index is 0.204. The van der Waals surface area contributed by atoms with E-state index in [2.05, 4.69) is 17.6 Å². The minimum Gasteiger partial charge on any atom is -0.348 e. The predicted octanol–water partition coefficient (Wildman–Crippen LogP) is 1.51. The molecule has 2 rings (SSSR count). The zero-order chi connectivity index (χ0) is 11.7. The number of nitrogens with two attached hydrogens (primary N) is 1. The Labute approximate surface area is 99.5 Å². The second kappa shape index (κ2) is 4.72. The van der Waals surface area contributed by atoms with E-state index in [-0.39, 0.29) is 6.04 Å². The van der Waals surface area contributed by atoms with Crippen molar-refractivity contribution in [2.24, 2.45) is 5.73 Å². The summed E-state index contributed by atoms with van der Waals surface area (Å²) in [4.78, 5) is 0. The van der Waals surface area contributed by atoms with Crippen LogP contribution in [-0.2, 0) is 23.8 Å². The van der Waals surface area contributed by atoms with Crippen molar-refractivity contribution in [2.75, 3.05) is 12.0 Å². The molecule has 2 N–H and O–H groups in total. The third-order valence-electron chi connectivity index (χ3n) is 3.38. The molecule has 1 aromatic rings. The lowest BCUT2D eigenvalue weighted by molar-refractivity contribution is 0.543. The van der Waals surface area contributed by atoms with Gasteiger partial charge in [-0.3, -0.25) is 4.21 Å². The summed E-state index contributed by atoms with van der Waals surface area (Å²) < 4.78 is 13.5. The highest BCUT2D eigenvalue weighted by Gasteiger charge is 2.21. The molecule has 2 unspecified atom stereocenters. The van der Waals surface area contributed by atoms with Crippen LogP contribution in [0.4, 0.5) is 0 Å². The van der Waals surface area contributed by atoms with Crippen LogP contribution in [0.3, 0.4) is 0 Å². The molecule has 90 valence electrons. The SMILES string of the molecule is Cc1cc2c(n1CCS(C)=O)CCCC2N. The highest BCUT2D eigenvalue weighted by atomic mass is 32.2. The standard InChI is InChI=1S/C12H20N2OS/c1-9-8-10-11(13)4-3-5-12(10)14(9)6-7-16(2)15/h8,11H,3-7,13H2,1-2H3. The van der Waals surface area contributed by atoms with E-state index >= 15 is 0 Å². The van der Waals surface area contributed by atoms with Crippen molar-refractivity contribution in [3.8, 4) is 0 Å². The van der Waals surface area contributed by atoms with Crippen LogP contribution in [0.15, 0.2) is 6.07 Å². The third kappa shape index (κ3) is 2.23. The van der Waals surface area contributed by atoms with Crippen LogP contribution in [-0.4, -0.2) is 20.8 Å². The van der Waals surface area contributed by atoms with Crippen LogP contribution >= 0.6 is 0 Å². The molecule has 0 spiro atoms. The second-order valence-electron chi connectivity index (χ2n) is 4.62. The van der Waals surface area contributed by atoms with E-state index in [0.29, 0.717) is 0 Å². The smallest absolute Gasteiger partial charge is 0.0412 e. The van der Waals surface area contributed by atoms with Crippen LogP contribution < -0.4 is 5.73 Å². The normalized spacial score (nSPS) is 21.8. The number of nitrogens with zero attached hydrogens (tertiary/aromatic N) is 1. The van der Waals surface area contributed by atoms with Gasteiger partial charge >= 0.3 is 0 Å². The number of fused-ring (bicyclic) bond motifs is 1. The number of aryl methyl sites for hydroxylation is 1. The molecule has 1 heterocycles. The van der Waals surface area contributed by atoms with Gasteiger partial charge in [0.1, 0.15) is 0 Å². The summed E-state index contributed by atoms with van der Waals surface area (Å²) in [5.74, 6) is 0.733. The molecule has 0 bridgehead atoms. The summed E-state index contributed by atoms with van der Waals surface area (Å²) in [5, 5.41) is 0. The van der Waals surface area contributed by atoms with Gasteiger partial charge in [-0.25, -0.2) is 0 Å². The maximum atomic E-state index is 11.2. The first-order chi connectivity index (χ1) is 7.59. The van der Waals surface area contributed by atoms with Gasteiger partial charge in [-0.05, 0) is 37.8 Å². The average molecular weight is 240 g/mol. The highest BCUT2D eigenvalue weighted by Crippen LogP contribution is 2.30. The Balaban J connectivity index is 2.27. The molecule has 1 aliphatic rings. The average Bonchev–Trinajstić information content (AvgIpc) is 2.53. The fraction of sp³-hybridized carbons (Fsp3) is 0.667. The molecule has 1 aliphatic carbocycles. The van der Waals surface area contributed by atoms with Crippen LogP contribution in [0, 0.1) is 6.92 Å². The molecule has 0 amide bonds. The van der Waals surface area contributed by atoms with Gasteiger partial charge in [0.25, 0.3) is 0 Å². The molecule has 0 saturated heterocycles. The zero-order valence-electron chi connectivity index (χ0n) is 10.0.